The summed E-state index contributed by atoms with van der Waals surface area (Å²) in [5.74, 6) is 1.10. The Balaban J connectivity index is 1.95. The van der Waals surface area contributed by atoms with E-state index in [4.69, 9.17) is 9.72 Å². The molecular formula is C16H21N7O3S. The zero-order valence-corrected chi connectivity index (χ0v) is 16.1. The minimum atomic E-state index is -3.47. The monoisotopic (exact) mass is 391 g/mol. The summed E-state index contributed by atoms with van der Waals surface area (Å²) < 4.78 is 32.6. The van der Waals surface area contributed by atoms with Crippen LogP contribution in [0.2, 0.25) is 0 Å². The van der Waals surface area contributed by atoms with E-state index in [9.17, 15) is 8.42 Å². The highest BCUT2D eigenvalue weighted by atomic mass is 32.2. The van der Waals surface area contributed by atoms with Crippen LogP contribution in [0, 0.1) is 0 Å². The second-order valence-electron chi connectivity index (χ2n) is 6.58. The van der Waals surface area contributed by atoms with Crippen LogP contribution in [0.1, 0.15) is 6.92 Å². The first-order valence-electron chi connectivity index (χ1n) is 8.53. The van der Waals surface area contributed by atoms with Crippen LogP contribution in [-0.4, -0.2) is 72.3 Å². The lowest BCUT2D eigenvalue weighted by Gasteiger charge is -2.34. The molecule has 0 bridgehead atoms. The molecule has 27 heavy (non-hydrogen) atoms. The molecular weight excluding hydrogens is 370 g/mol. The molecule has 0 saturated carbocycles. The number of hydrogen-bond donors (Lipinski definition) is 1. The molecule has 1 saturated heterocycles. The maximum absolute atomic E-state index is 12.2. The minimum absolute atomic E-state index is 0.128. The normalized spacial score (nSPS) is 18.2. The SMILES string of the molecule is CC1COCCN1c1cc(N(C)S(C)(=O)=O)n2ncc(-c3ccn[nH]3)c2n1. The zero-order chi connectivity index (χ0) is 19.2. The Morgan fingerprint density at radius 3 is 2.89 bits per heavy atom. The maximum atomic E-state index is 12.2. The second kappa shape index (κ2) is 6.50. The molecule has 0 radical (unpaired) electrons. The van der Waals surface area contributed by atoms with Crippen molar-refractivity contribution in [2.24, 2.45) is 0 Å². The number of hydrogen-bond acceptors (Lipinski definition) is 7. The van der Waals surface area contributed by atoms with Crippen LogP contribution in [0.3, 0.4) is 0 Å². The van der Waals surface area contributed by atoms with Gasteiger partial charge in [0.1, 0.15) is 11.6 Å². The van der Waals surface area contributed by atoms with Crippen LogP contribution in [0.4, 0.5) is 11.6 Å². The predicted octanol–water partition coefficient (Wildman–Crippen LogP) is 0.740. The highest BCUT2D eigenvalue weighted by Gasteiger charge is 2.25. The van der Waals surface area contributed by atoms with E-state index in [0.717, 1.165) is 17.5 Å². The standard InChI is InChI=1S/C16H21N7O3S/c1-11-10-26-7-6-22(11)14-8-15(21(2)27(3,24)25)23-16(19-14)12(9-18-23)13-4-5-17-20-13/h4-5,8-9,11H,6-7,10H2,1-3H3,(H,17,20). The number of morpholine rings is 1. The average molecular weight is 391 g/mol. The van der Waals surface area contributed by atoms with Gasteiger partial charge in [0.2, 0.25) is 10.0 Å². The summed E-state index contributed by atoms with van der Waals surface area (Å²) >= 11 is 0. The first kappa shape index (κ1) is 17.7. The number of aromatic amines is 1. The van der Waals surface area contributed by atoms with Gasteiger partial charge >= 0.3 is 0 Å². The predicted molar refractivity (Wildman–Crippen MR) is 101 cm³/mol. The van der Waals surface area contributed by atoms with Crippen molar-refractivity contribution in [2.75, 3.05) is 42.3 Å². The van der Waals surface area contributed by atoms with Gasteiger partial charge in [-0.05, 0) is 13.0 Å². The third-order valence-corrected chi connectivity index (χ3v) is 5.89. The van der Waals surface area contributed by atoms with Gasteiger partial charge in [-0.3, -0.25) is 9.40 Å². The quantitative estimate of drug-likeness (QED) is 0.699. The molecule has 144 valence electrons. The molecule has 1 N–H and O–H groups in total. The van der Waals surface area contributed by atoms with Crippen LogP contribution >= 0.6 is 0 Å². The van der Waals surface area contributed by atoms with Gasteiger partial charge < -0.3 is 9.64 Å². The van der Waals surface area contributed by atoms with Gasteiger partial charge in [-0.15, -0.1) is 0 Å². The molecule has 0 spiro atoms. The van der Waals surface area contributed by atoms with Crippen LogP contribution in [0.25, 0.3) is 16.9 Å². The molecule has 1 unspecified atom stereocenters. The lowest BCUT2D eigenvalue weighted by molar-refractivity contribution is 0.0985. The summed E-state index contributed by atoms with van der Waals surface area (Å²) in [7, 11) is -1.96. The van der Waals surface area contributed by atoms with Crippen LogP contribution < -0.4 is 9.21 Å². The van der Waals surface area contributed by atoms with Crippen molar-refractivity contribution >= 4 is 27.3 Å². The molecule has 1 aliphatic heterocycles. The minimum Gasteiger partial charge on any atom is -0.377 e. The number of aromatic nitrogens is 5. The van der Waals surface area contributed by atoms with Gasteiger partial charge in [-0.2, -0.15) is 14.7 Å². The molecule has 4 rings (SSSR count). The number of nitrogens with one attached hydrogen (secondary N) is 1. The Bertz CT molecular complexity index is 1060. The third-order valence-electron chi connectivity index (χ3n) is 4.71. The van der Waals surface area contributed by atoms with Crippen LogP contribution in [-0.2, 0) is 14.8 Å². The third kappa shape index (κ3) is 3.12. The summed E-state index contributed by atoms with van der Waals surface area (Å²) in [4.78, 5) is 6.91. The molecule has 0 aromatic carbocycles. The van der Waals surface area contributed by atoms with Gasteiger partial charge in [0.05, 0.1) is 43.0 Å². The van der Waals surface area contributed by atoms with Gasteiger partial charge in [-0.25, -0.2) is 13.4 Å². The van der Waals surface area contributed by atoms with Crippen molar-refractivity contribution in [3.63, 3.8) is 0 Å². The molecule has 1 fully saturated rings. The van der Waals surface area contributed by atoms with Gasteiger partial charge in [0.15, 0.2) is 5.65 Å². The Morgan fingerprint density at radius 1 is 1.41 bits per heavy atom. The van der Waals surface area contributed by atoms with E-state index in [2.05, 4.69) is 27.1 Å². The Hall–Kier alpha value is -2.66. The number of anilines is 2. The van der Waals surface area contributed by atoms with Crippen molar-refractivity contribution in [2.45, 2.75) is 13.0 Å². The van der Waals surface area contributed by atoms with E-state index in [1.165, 1.54) is 15.9 Å². The number of sulfonamides is 1. The van der Waals surface area contributed by atoms with Crippen molar-refractivity contribution in [3.05, 3.63) is 24.5 Å². The summed E-state index contributed by atoms with van der Waals surface area (Å²) in [5, 5.41) is 11.3. The van der Waals surface area contributed by atoms with E-state index in [-0.39, 0.29) is 6.04 Å². The maximum Gasteiger partial charge on any atom is 0.233 e. The summed E-state index contributed by atoms with van der Waals surface area (Å²) in [6.45, 7) is 3.93. The van der Waals surface area contributed by atoms with Crippen LogP contribution in [0.5, 0.6) is 0 Å². The van der Waals surface area contributed by atoms with E-state index in [1.807, 2.05) is 6.07 Å². The number of fused-ring (bicyclic) bond motifs is 1. The van der Waals surface area contributed by atoms with E-state index in [0.29, 0.717) is 37.0 Å². The molecule has 3 aromatic heterocycles. The van der Waals surface area contributed by atoms with Crippen molar-refractivity contribution in [3.8, 4) is 11.3 Å². The second-order valence-corrected chi connectivity index (χ2v) is 8.60. The molecule has 11 heteroatoms. The Morgan fingerprint density at radius 2 is 2.22 bits per heavy atom. The first-order valence-corrected chi connectivity index (χ1v) is 10.4. The smallest absolute Gasteiger partial charge is 0.233 e. The fraction of sp³-hybridized carbons (Fsp3) is 0.438. The van der Waals surface area contributed by atoms with Gasteiger partial charge in [0, 0.05) is 25.9 Å². The Labute approximate surface area is 156 Å². The number of nitrogens with zero attached hydrogens (tertiary/aromatic N) is 6. The number of ether oxygens (including phenoxy) is 1. The fourth-order valence-electron chi connectivity index (χ4n) is 3.14. The molecule has 10 nitrogen and oxygen atoms in total. The van der Waals surface area contributed by atoms with Crippen LogP contribution in [0.15, 0.2) is 24.5 Å². The van der Waals surface area contributed by atoms with E-state index >= 15 is 0 Å². The van der Waals surface area contributed by atoms with E-state index in [1.54, 1.807) is 18.5 Å². The topological polar surface area (TPSA) is 109 Å². The lowest BCUT2D eigenvalue weighted by atomic mass is 10.2. The number of H-pyrrole nitrogens is 1. The summed E-state index contributed by atoms with van der Waals surface area (Å²) in [5.41, 5.74) is 2.07. The average Bonchev–Trinajstić information content (AvgIpc) is 3.29. The molecule has 4 heterocycles. The molecule has 1 atom stereocenters. The fourth-order valence-corrected chi connectivity index (χ4v) is 3.61. The molecule has 3 aromatic rings. The first-order chi connectivity index (χ1) is 12.9. The largest absolute Gasteiger partial charge is 0.377 e. The van der Waals surface area contributed by atoms with Crippen molar-refractivity contribution in [1.29, 1.82) is 0 Å². The number of rotatable bonds is 4. The summed E-state index contributed by atoms with van der Waals surface area (Å²) in [6.07, 6.45) is 4.47. The molecule has 0 aliphatic carbocycles. The molecule has 0 amide bonds. The van der Waals surface area contributed by atoms with Gasteiger partial charge in [0.25, 0.3) is 0 Å². The van der Waals surface area contributed by atoms with Gasteiger partial charge in [-0.1, -0.05) is 0 Å². The van der Waals surface area contributed by atoms with Crippen molar-refractivity contribution in [1.82, 2.24) is 24.8 Å². The highest BCUT2D eigenvalue weighted by Crippen LogP contribution is 2.30. The molecule has 1 aliphatic rings. The Kier molecular flexibility index (Phi) is 4.27. The summed E-state index contributed by atoms with van der Waals surface area (Å²) in [6, 6.07) is 3.70. The zero-order valence-electron chi connectivity index (χ0n) is 15.3. The highest BCUT2D eigenvalue weighted by molar-refractivity contribution is 7.92. The van der Waals surface area contributed by atoms with Crippen molar-refractivity contribution < 1.29 is 13.2 Å². The lowest BCUT2D eigenvalue weighted by Crippen LogP contribution is -2.44. The van der Waals surface area contributed by atoms with E-state index < -0.39 is 10.0 Å².